The van der Waals surface area contributed by atoms with Gasteiger partial charge in [0, 0.05) is 32.1 Å². The third kappa shape index (κ3) is 4.06. The van der Waals surface area contributed by atoms with Crippen molar-refractivity contribution in [1.29, 1.82) is 0 Å². The molecule has 158 valence electrons. The summed E-state index contributed by atoms with van der Waals surface area (Å²) in [6.07, 6.45) is 1.34. The van der Waals surface area contributed by atoms with E-state index in [1.54, 1.807) is 0 Å². The molecule has 2 aromatic carbocycles. The van der Waals surface area contributed by atoms with Crippen LogP contribution in [-0.4, -0.2) is 28.9 Å². The fraction of sp³-hybridized carbons (Fsp3) is 0.136. The van der Waals surface area contributed by atoms with E-state index in [0.29, 0.717) is 18.3 Å². The smallest absolute Gasteiger partial charge is 0.292 e. The average molecular weight is 442 g/mol. The van der Waals surface area contributed by atoms with E-state index < -0.39 is 17.2 Å². The molecule has 0 amide bonds. The van der Waals surface area contributed by atoms with Gasteiger partial charge in [-0.1, -0.05) is 29.8 Å². The van der Waals surface area contributed by atoms with Gasteiger partial charge in [-0.25, -0.2) is 13.8 Å². The van der Waals surface area contributed by atoms with Crippen molar-refractivity contribution in [1.82, 2.24) is 14.8 Å². The first-order chi connectivity index (χ1) is 14.8. The molecule has 0 aliphatic rings. The first-order valence-electron chi connectivity index (χ1n) is 9.38. The van der Waals surface area contributed by atoms with Crippen molar-refractivity contribution in [3.63, 3.8) is 0 Å². The van der Waals surface area contributed by atoms with Gasteiger partial charge in [0.05, 0.1) is 17.4 Å². The molecule has 6 nitrogen and oxygen atoms in total. The molecule has 0 spiro atoms. The fourth-order valence-electron chi connectivity index (χ4n) is 3.18. The second kappa shape index (κ2) is 8.31. The molecular weight excluding hydrogens is 424 g/mol. The normalized spacial score (nSPS) is 11.0. The maximum absolute atomic E-state index is 14.1. The standard InChI is InChI=1S/C22H18ClF2N5O/c1-29(2)20-9-13(15-5-3-4-6-17(15)28-20)11-26-18-12-27-30(22(31)21(18)23)19-8-7-14(24)10-16(19)25/h3-10,12,26H,11H2,1-2H3. The lowest BCUT2D eigenvalue weighted by molar-refractivity contribution is 0.571. The molecule has 4 rings (SSSR count). The second-order valence-electron chi connectivity index (χ2n) is 7.09. The molecule has 0 unspecified atom stereocenters. The Labute approximate surface area is 181 Å². The lowest BCUT2D eigenvalue weighted by Gasteiger charge is -2.16. The number of rotatable bonds is 5. The van der Waals surface area contributed by atoms with E-state index in [1.807, 2.05) is 49.3 Å². The lowest BCUT2D eigenvalue weighted by Crippen LogP contribution is -2.23. The highest BCUT2D eigenvalue weighted by atomic mass is 35.5. The van der Waals surface area contributed by atoms with Gasteiger partial charge in [-0.3, -0.25) is 4.79 Å². The fourth-order valence-corrected chi connectivity index (χ4v) is 3.37. The largest absolute Gasteiger partial charge is 0.378 e. The number of hydrogen-bond donors (Lipinski definition) is 1. The van der Waals surface area contributed by atoms with E-state index in [-0.39, 0.29) is 10.7 Å². The first-order valence-corrected chi connectivity index (χ1v) is 9.76. The van der Waals surface area contributed by atoms with Crippen LogP contribution < -0.4 is 15.8 Å². The van der Waals surface area contributed by atoms with Gasteiger partial charge >= 0.3 is 0 Å². The molecule has 0 bridgehead atoms. The van der Waals surface area contributed by atoms with Crippen molar-refractivity contribution in [2.45, 2.75) is 6.54 Å². The topological polar surface area (TPSA) is 63.1 Å². The highest BCUT2D eigenvalue weighted by Crippen LogP contribution is 2.24. The van der Waals surface area contributed by atoms with E-state index in [2.05, 4.69) is 15.4 Å². The number of nitrogens with zero attached hydrogens (tertiary/aromatic N) is 4. The highest BCUT2D eigenvalue weighted by Gasteiger charge is 2.15. The van der Waals surface area contributed by atoms with Crippen molar-refractivity contribution < 1.29 is 8.78 Å². The molecule has 2 aromatic heterocycles. The van der Waals surface area contributed by atoms with Crippen molar-refractivity contribution in [2.24, 2.45) is 0 Å². The Kier molecular flexibility index (Phi) is 5.56. The van der Waals surface area contributed by atoms with Gasteiger partial charge in [-0.2, -0.15) is 9.78 Å². The summed E-state index contributed by atoms with van der Waals surface area (Å²) in [5.74, 6) is -0.867. The molecule has 0 saturated carbocycles. The Morgan fingerprint density at radius 3 is 2.65 bits per heavy atom. The van der Waals surface area contributed by atoms with E-state index in [9.17, 15) is 13.6 Å². The molecule has 0 radical (unpaired) electrons. The van der Waals surface area contributed by atoms with E-state index in [4.69, 9.17) is 11.6 Å². The van der Waals surface area contributed by atoms with Gasteiger partial charge in [-0.15, -0.1) is 0 Å². The van der Waals surface area contributed by atoms with Gasteiger partial charge in [0.2, 0.25) is 0 Å². The molecule has 0 aliphatic carbocycles. The second-order valence-corrected chi connectivity index (χ2v) is 7.47. The molecule has 31 heavy (non-hydrogen) atoms. The maximum atomic E-state index is 14.1. The van der Waals surface area contributed by atoms with Gasteiger partial charge in [0.25, 0.3) is 5.56 Å². The molecule has 0 saturated heterocycles. The number of aromatic nitrogens is 3. The molecule has 9 heteroatoms. The summed E-state index contributed by atoms with van der Waals surface area (Å²) in [7, 11) is 3.81. The van der Waals surface area contributed by atoms with Crippen LogP contribution in [-0.2, 0) is 6.54 Å². The molecule has 0 fully saturated rings. The van der Waals surface area contributed by atoms with E-state index >= 15 is 0 Å². The van der Waals surface area contributed by atoms with Crippen LogP contribution >= 0.6 is 11.6 Å². The van der Waals surface area contributed by atoms with Crippen LogP contribution in [0.15, 0.2) is 59.5 Å². The minimum absolute atomic E-state index is 0.148. The number of hydrogen-bond acceptors (Lipinski definition) is 5. The Morgan fingerprint density at radius 2 is 1.90 bits per heavy atom. The zero-order chi connectivity index (χ0) is 22.1. The maximum Gasteiger partial charge on any atom is 0.292 e. The minimum Gasteiger partial charge on any atom is -0.378 e. The van der Waals surface area contributed by atoms with Crippen molar-refractivity contribution in [2.75, 3.05) is 24.3 Å². The molecule has 4 aromatic rings. The molecule has 0 aliphatic heterocycles. The SMILES string of the molecule is CN(C)c1cc(CNc2cnn(-c3ccc(F)cc3F)c(=O)c2Cl)c2ccccc2n1. The van der Waals surface area contributed by atoms with Crippen LogP contribution in [0.3, 0.4) is 0 Å². The Bertz CT molecular complexity index is 1340. The van der Waals surface area contributed by atoms with Gasteiger partial charge in [-0.05, 0) is 29.8 Å². The monoisotopic (exact) mass is 441 g/mol. The van der Waals surface area contributed by atoms with E-state index in [0.717, 1.165) is 39.1 Å². The van der Waals surface area contributed by atoms with Crippen LogP contribution in [0.2, 0.25) is 5.02 Å². The van der Waals surface area contributed by atoms with Gasteiger partial charge in [0.1, 0.15) is 22.3 Å². The number of pyridine rings is 1. The third-order valence-corrected chi connectivity index (χ3v) is 5.14. The van der Waals surface area contributed by atoms with E-state index in [1.165, 1.54) is 6.20 Å². The number of benzene rings is 2. The number of anilines is 2. The Hall–Kier alpha value is -3.52. The van der Waals surface area contributed by atoms with Gasteiger partial charge < -0.3 is 10.2 Å². The molecule has 2 heterocycles. The zero-order valence-corrected chi connectivity index (χ0v) is 17.5. The summed E-state index contributed by atoms with van der Waals surface area (Å²) in [6.45, 7) is 0.361. The predicted molar refractivity (Wildman–Crippen MR) is 118 cm³/mol. The summed E-state index contributed by atoms with van der Waals surface area (Å²) in [4.78, 5) is 19.2. The minimum atomic E-state index is -0.911. The summed E-state index contributed by atoms with van der Waals surface area (Å²) in [5.41, 5.74) is 1.20. The van der Waals surface area contributed by atoms with Crippen LogP contribution in [0.5, 0.6) is 0 Å². The van der Waals surface area contributed by atoms with Crippen LogP contribution in [0.25, 0.3) is 16.6 Å². The predicted octanol–water partition coefficient (Wildman–Crippen LogP) is 4.39. The average Bonchev–Trinajstić information content (AvgIpc) is 2.75. The lowest BCUT2D eigenvalue weighted by atomic mass is 10.1. The number of halogens is 3. The van der Waals surface area contributed by atoms with Crippen molar-refractivity contribution >= 4 is 34.0 Å². The van der Waals surface area contributed by atoms with Crippen LogP contribution in [0.4, 0.5) is 20.3 Å². The van der Waals surface area contributed by atoms with Crippen molar-refractivity contribution in [3.8, 4) is 5.69 Å². The summed E-state index contributed by atoms with van der Waals surface area (Å²) >= 11 is 6.25. The zero-order valence-electron chi connectivity index (χ0n) is 16.7. The van der Waals surface area contributed by atoms with Crippen LogP contribution in [0, 0.1) is 11.6 Å². The first kappa shape index (κ1) is 20.7. The van der Waals surface area contributed by atoms with Crippen LogP contribution in [0.1, 0.15) is 5.56 Å². The van der Waals surface area contributed by atoms with Crippen molar-refractivity contribution in [3.05, 3.63) is 87.3 Å². The summed E-state index contributed by atoms with van der Waals surface area (Å²) in [6, 6.07) is 12.5. The molecular formula is C22H18ClF2N5O. The summed E-state index contributed by atoms with van der Waals surface area (Å²) in [5, 5.41) is 7.93. The molecule has 1 N–H and O–H groups in total. The quantitative estimate of drug-likeness (QED) is 0.497. The Balaban J connectivity index is 1.67. The number of para-hydroxylation sites is 1. The summed E-state index contributed by atoms with van der Waals surface area (Å²) < 4.78 is 28.0. The molecule has 0 atom stereocenters. The van der Waals surface area contributed by atoms with Gasteiger partial charge in [0.15, 0.2) is 5.82 Å². The Morgan fingerprint density at radius 1 is 1.13 bits per heavy atom. The third-order valence-electron chi connectivity index (χ3n) is 4.77. The highest BCUT2D eigenvalue weighted by molar-refractivity contribution is 6.32. The number of fused-ring (bicyclic) bond motifs is 1. The number of nitrogens with one attached hydrogen (secondary N) is 1.